The topological polar surface area (TPSA) is 56.6 Å². The minimum atomic E-state index is -2.75. The van der Waals surface area contributed by atoms with Gasteiger partial charge in [-0.25, -0.2) is 8.78 Å². The van der Waals surface area contributed by atoms with Gasteiger partial charge in [0.2, 0.25) is 5.56 Å². The lowest BCUT2D eigenvalue weighted by Crippen LogP contribution is -2.10. The summed E-state index contributed by atoms with van der Waals surface area (Å²) >= 11 is 0. The van der Waals surface area contributed by atoms with E-state index >= 15 is 0 Å². The van der Waals surface area contributed by atoms with Gasteiger partial charge in [0.15, 0.2) is 0 Å². The quantitative estimate of drug-likeness (QED) is 0.754. The number of nitrogens with zero attached hydrogens (tertiary/aromatic N) is 1. The van der Waals surface area contributed by atoms with Crippen LogP contribution in [0.3, 0.4) is 0 Å². The van der Waals surface area contributed by atoms with Crippen molar-refractivity contribution < 1.29 is 8.78 Å². The Morgan fingerprint density at radius 2 is 2.23 bits per heavy atom. The normalized spacial score (nSPS) is 10.0. The molecule has 5 heteroatoms. The highest BCUT2D eigenvalue weighted by atomic mass is 19.3. The maximum Gasteiger partial charge on any atom is 0.278 e. The summed E-state index contributed by atoms with van der Waals surface area (Å²) in [6.07, 6.45) is -2.88. The molecule has 0 aliphatic carbocycles. The van der Waals surface area contributed by atoms with E-state index in [1.807, 2.05) is 4.98 Å². The number of halogens is 2. The van der Waals surface area contributed by atoms with Gasteiger partial charge in [0.1, 0.15) is 0 Å². The van der Waals surface area contributed by atoms with Crippen molar-refractivity contribution in [3.05, 3.63) is 33.7 Å². The van der Waals surface area contributed by atoms with E-state index in [1.54, 1.807) is 6.07 Å². The van der Waals surface area contributed by atoms with Crippen molar-refractivity contribution in [3.8, 4) is 6.07 Å². The van der Waals surface area contributed by atoms with Crippen LogP contribution < -0.4 is 5.56 Å². The van der Waals surface area contributed by atoms with Crippen molar-refractivity contribution >= 4 is 0 Å². The number of aromatic amines is 1. The van der Waals surface area contributed by atoms with E-state index in [1.165, 1.54) is 6.07 Å². The Hall–Kier alpha value is -1.70. The molecule has 0 fully saturated rings. The maximum absolute atomic E-state index is 12.3. The van der Waals surface area contributed by atoms with Crippen molar-refractivity contribution in [2.24, 2.45) is 0 Å². The van der Waals surface area contributed by atoms with Crippen LogP contribution in [0.15, 0.2) is 16.9 Å². The van der Waals surface area contributed by atoms with Crippen LogP contribution in [0.25, 0.3) is 0 Å². The summed E-state index contributed by atoms with van der Waals surface area (Å²) in [6, 6.07) is 4.11. The fraction of sp³-hybridized carbons (Fsp3) is 0.250. The summed E-state index contributed by atoms with van der Waals surface area (Å²) in [5, 5.41) is 8.31. The molecule has 68 valence electrons. The van der Waals surface area contributed by atoms with Crippen LogP contribution in [0.2, 0.25) is 0 Å². The summed E-state index contributed by atoms with van der Waals surface area (Å²) in [5.41, 5.74) is -0.886. The van der Waals surface area contributed by atoms with E-state index in [9.17, 15) is 13.6 Å². The van der Waals surface area contributed by atoms with Gasteiger partial charge >= 0.3 is 0 Å². The molecule has 13 heavy (non-hydrogen) atoms. The number of H-pyrrole nitrogens is 1. The highest BCUT2D eigenvalue weighted by molar-refractivity contribution is 5.23. The van der Waals surface area contributed by atoms with Gasteiger partial charge in [-0.3, -0.25) is 4.79 Å². The predicted octanol–water partition coefficient (Wildman–Crippen LogP) is 1.38. The molecule has 0 aliphatic rings. The summed E-state index contributed by atoms with van der Waals surface area (Å²) in [5.74, 6) is 0. The standard InChI is InChI=1S/C8H6F2N2O/c9-8(10)7-5(3-4-11)1-2-6(13)12-7/h1-2,8H,3H2,(H,12,13). The Balaban J connectivity index is 3.20. The first-order valence-electron chi connectivity index (χ1n) is 3.52. The first-order chi connectivity index (χ1) is 6.15. The molecule has 0 aliphatic heterocycles. The average molecular weight is 184 g/mol. The minimum absolute atomic E-state index is 0.129. The van der Waals surface area contributed by atoms with Crippen LogP contribution in [-0.2, 0) is 6.42 Å². The zero-order valence-electron chi connectivity index (χ0n) is 6.55. The van der Waals surface area contributed by atoms with Gasteiger partial charge in [-0.2, -0.15) is 5.26 Å². The molecule has 0 aromatic carbocycles. The lowest BCUT2D eigenvalue weighted by molar-refractivity contribution is 0.144. The molecule has 1 heterocycles. The van der Waals surface area contributed by atoms with Crippen LogP contribution in [-0.4, -0.2) is 4.98 Å². The lowest BCUT2D eigenvalue weighted by atomic mass is 10.1. The lowest BCUT2D eigenvalue weighted by Gasteiger charge is -2.03. The average Bonchev–Trinajstić information content (AvgIpc) is 2.08. The van der Waals surface area contributed by atoms with E-state index in [4.69, 9.17) is 5.26 Å². The molecule has 3 nitrogen and oxygen atoms in total. The number of alkyl halides is 2. The molecule has 1 aromatic heterocycles. The molecule has 1 N–H and O–H groups in total. The third-order valence-electron chi connectivity index (χ3n) is 1.53. The Morgan fingerprint density at radius 1 is 1.54 bits per heavy atom. The molecular formula is C8H6F2N2O. The van der Waals surface area contributed by atoms with E-state index in [0.717, 1.165) is 6.07 Å². The fourth-order valence-corrected chi connectivity index (χ4v) is 0.955. The number of nitrogens with one attached hydrogen (secondary N) is 1. The van der Waals surface area contributed by atoms with Gasteiger partial charge in [0.25, 0.3) is 6.43 Å². The Morgan fingerprint density at radius 3 is 2.77 bits per heavy atom. The molecule has 0 unspecified atom stereocenters. The van der Waals surface area contributed by atoms with Crippen molar-refractivity contribution in [2.75, 3.05) is 0 Å². The van der Waals surface area contributed by atoms with Crippen molar-refractivity contribution in [3.63, 3.8) is 0 Å². The van der Waals surface area contributed by atoms with Crippen molar-refractivity contribution in [1.29, 1.82) is 5.26 Å². The number of hydrogen-bond donors (Lipinski definition) is 1. The Labute approximate surface area is 72.6 Å². The smallest absolute Gasteiger partial charge is 0.278 e. The van der Waals surface area contributed by atoms with Crippen molar-refractivity contribution in [2.45, 2.75) is 12.8 Å². The molecule has 0 saturated heterocycles. The minimum Gasteiger partial charge on any atom is -0.321 e. The Kier molecular flexibility index (Phi) is 2.75. The fourth-order valence-electron chi connectivity index (χ4n) is 0.955. The van der Waals surface area contributed by atoms with Crippen LogP contribution >= 0.6 is 0 Å². The van der Waals surface area contributed by atoms with E-state index in [2.05, 4.69) is 0 Å². The first kappa shape index (κ1) is 9.39. The van der Waals surface area contributed by atoms with Gasteiger partial charge < -0.3 is 4.98 Å². The molecular weight excluding hydrogens is 178 g/mol. The zero-order chi connectivity index (χ0) is 9.84. The molecule has 0 bridgehead atoms. The predicted molar refractivity (Wildman–Crippen MR) is 41.3 cm³/mol. The van der Waals surface area contributed by atoms with Gasteiger partial charge in [0, 0.05) is 6.07 Å². The Bertz CT molecular complexity index is 392. The highest BCUT2D eigenvalue weighted by Gasteiger charge is 2.13. The van der Waals surface area contributed by atoms with E-state index in [0.29, 0.717) is 0 Å². The number of pyridine rings is 1. The van der Waals surface area contributed by atoms with Crippen LogP contribution in [0.4, 0.5) is 8.78 Å². The molecule has 0 spiro atoms. The third kappa shape index (κ3) is 2.12. The highest BCUT2D eigenvalue weighted by Crippen LogP contribution is 2.19. The molecule has 0 radical (unpaired) electrons. The molecule has 0 saturated carbocycles. The monoisotopic (exact) mass is 184 g/mol. The summed E-state index contributed by atoms with van der Waals surface area (Å²) in [6.45, 7) is 0. The zero-order valence-corrected chi connectivity index (χ0v) is 6.55. The van der Waals surface area contributed by atoms with Crippen LogP contribution in [0, 0.1) is 11.3 Å². The number of nitriles is 1. The number of rotatable bonds is 2. The van der Waals surface area contributed by atoms with Gasteiger partial charge in [0.05, 0.1) is 18.2 Å². The largest absolute Gasteiger partial charge is 0.321 e. The van der Waals surface area contributed by atoms with Crippen LogP contribution in [0.1, 0.15) is 17.7 Å². The first-order valence-corrected chi connectivity index (χ1v) is 3.52. The van der Waals surface area contributed by atoms with Gasteiger partial charge in [-0.15, -0.1) is 0 Å². The maximum atomic E-state index is 12.3. The van der Waals surface area contributed by atoms with Crippen LogP contribution in [0.5, 0.6) is 0 Å². The van der Waals surface area contributed by atoms with Crippen molar-refractivity contribution in [1.82, 2.24) is 4.98 Å². The SMILES string of the molecule is N#CCc1ccc(=O)[nH]c1C(F)F. The van der Waals surface area contributed by atoms with E-state index in [-0.39, 0.29) is 12.0 Å². The molecule has 0 amide bonds. The number of hydrogen-bond acceptors (Lipinski definition) is 2. The second-order valence-corrected chi connectivity index (χ2v) is 2.40. The second-order valence-electron chi connectivity index (χ2n) is 2.40. The van der Waals surface area contributed by atoms with E-state index < -0.39 is 17.7 Å². The molecule has 1 rings (SSSR count). The second kappa shape index (κ2) is 3.81. The molecule has 1 aromatic rings. The summed E-state index contributed by atoms with van der Waals surface area (Å²) < 4.78 is 24.5. The summed E-state index contributed by atoms with van der Waals surface area (Å²) in [7, 11) is 0. The third-order valence-corrected chi connectivity index (χ3v) is 1.53. The number of aromatic nitrogens is 1. The van der Waals surface area contributed by atoms with Gasteiger partial charge in [-0.1, -0.05) is 6.07 Å². The molecule has 0 atom stereocenters. The summed E-state index contributed by atoms with van der Waals surface area (Å²) in [4.78, 5) is 12.7. The van der Waals surface area contributed by atoms with Gasteiger partial charge in [-0.05, 0) is 5.56 Å².